The summed E-state index contributed by atoms with van der Waals surface area (Å²) in [5.41, 5.74) is 1.24. The SMILES string of the molecule is CC[C@H](C)Oc1c(I)cc(/C=C2/SC(=O)N(c3ccc(Cl)cc3)C2=O)cc1OC. The predicted octanol–water partition coefficient (Wildman–Crippen LogP) is 6.37. The van der Waals surface area contributed by atoms with Gasteiger partial charge in [-0.3, -0.25) is 9.59 Å². The standard InChI is InChI=1S/C21H19ClINO4S/c1-4-12(2)28-19-16(23)9-13(10-17(19)27-3)11-18-20(25)24(21(26)29-18)15-7-5-14(22)6-8-15/h5-12H,4H2,1-3H3/b18-11+/t12-/m0/s1. The lowest BCUT2D eigenvalue weighted by Gasteiger charge is -2.17. The molecule has 0 saturated carbocycles. The first-order chi connectivity index (χ1) is 13.8. The van der Waals surface area contributed by atoms with Crippen LogP contribution in [-0.4, -0.2) is 24.4 Å². The molecule has 29 heavy (non-hydrogen) atoms. The van der Waals surface area contributed by atoms with Gasteiger partial charge in [0.2, 0.25) is 0 Å². The highest BCUT2D eigenvalue weighted by atomic mass is 127. The zero-order chi connectivity index (χ0) is 21.1. The van der Waals surface area contributed by atoms with Gasteiger partial charge in [0.25, 0.3) is 11.1 Å². The average molecular weight is 544 g/mol. The van der Waals surface area contributed by atoms with E-state index in [2.05, 4.69) is 29.5 Å². The van der Waals surface area contributed by atoms with E-state index >= 15 is 0 Å². The number of rotatable bonds is 6. The molecule has 0 radical (unpaired) electrons. The fourth-order valence-electron chi connectivity index (χ4n) is 2.65. The van der Waals surface area contributed by atoms with Crippen molar-refractivity contribution in [3.63, 3.8) is 0 Å². The first kappa shape index (κ1) is 22.0. The molecule has 3 rings (SSSR count). The van der Waals surface area contributed by atoms with Crippen molar-refractivity contribution in [2.24, 2.45) is 0 Å². The molecule has 2 aromatic carbocycles. The summed E-state index contributed by atoms with van der Waals surface area (Å²) in [7, 11) is 1.58. The number of hydrogen-bond acceptors (Lipinski definition) is 5. The number of hydrogen-bond donors (Lipinski definition) is 0. The van der Waals surface area contributed by atoms with Crippen molar-refractivity contribution in [2.45, 2.75) is 26.4 Å². The van der Waals surface area contributed by atoms with Crippen molar-refractivity contribution in [1.29, 1.82) is 0 Å². The summed E-state index contributed by atoms with van der Waals surface area (Å²) in [6.45, 7) is 4.05. The lowest BCUT2D eigenvalue weighted by Crippen LogP contribution is -2.27. The number of carbonyl (C=O) groups excluding carboxylic acids is 2. The quantitative estimate of drug-likeness (QED) is 0.313. The summed E-state index contributed by atoms with van der Waals surface area (Å²) in [6.07, 6.45) is 2.62. The van der Waals surface area contributed by atoms with Gasteiger partial charge in [0.1, 0.15) is 0 Å². The van der Waals surface area contributed by atoms with Gasteiger partial charge < -0.3 is 9.47 Å². The number of halogens is 2. The first-order valence-electron chi connectivity index (χ1n) is 8.91. The molecule has 1 aliphatic rings. The Hall–Kier alpha value is -1.71. The number of thioether (sulfide) groups is 1. The first-order valence-corrected chi connectivity index (χ1v) is 11.2. The Labute approximate surface area is 192 Å². The number of benzene rings is 2. The molecule has 1 fully saturated rings. The van der Waals surface area contributed by atoms with Crippen LogP contribution in [-0.2, 0) is 4.79 Å². The Balaban J connectivity index is 1.92. The lowest BCUT2D eigenvalue weighted by atomic mass is 10.1. The zero-order valence-corrected chi connectivity index (χ0v) is 19.8. The van der Waals surface area contributed by atoms with E-state index in [1.165, 1.54) is 0 Å². The van der Waals surface area contributed by atoms with Crippen LogP contribution < -0.4 is 14.4 Å². The molecule has 0 aromatic heterocycles. The van der Waals surface area contributed by atoms with Crippen LogP contribution in [0, 0.1) is 3.57 Å². The van der Waals surface area contributed by atoms with Gasteiger partial charge in [-0.1, -0.05) is 18.5 Å². The Kier molecular flexibility index (Phi) is 7.13. The van der Waals surface area contributed by atoms with Crippen LogP contribution in [0.1, 0.15) is 25.8 Å². The minimum atomic E-state index is -0.365. The Morgan fingerprint density at radius 3 is 2.55 bits per heavy atom. The highest BCUT2D eigenvalue weighted by Gasteiger charge is 2.36. The van der Waals surface area contributed by atoms with E-state index in [4.69, 9.17) is 21.1 Å². The third kappa shape index (κ3) is 4.90. The van der Waals surface area contributed by atoms with Crippen molar-refractivity contribution in [1.82, 2.24) is 0 Å². The van der Waals surface area contributed by atoms with E-state index in [1.54, 1.807) is 43.5 Å². The third-order valence-electron chi connectivity index (χ3n) is 4.32. The van der Waals surface area contributed by atoms with Crippen LogP contribution in [0.4, 0.5) is 10.5 Å². The summed E-state index contributed by atoms with van der Waals surface area (Å²) < 4.78 is 12.3. The van der Waals surface area contributed by atoms with E-state index in [-0.39, 0.29) is 17.3 Å². The Morgan fingerprint density at radius 2 is 1.93 bits per heavy atom. The van der Waals surface area contributed by atoms with Gasteiger partial charge in [-0.15, -0.1) is 0 Å². The summed E-state index contributed by atoms with van der Waals surface area (Å²) in [6, 6.07) is 10.3. The summed E-state index contributed by atoms with van der Waals surface area (Å²) in [5.74, 6) is 0.894. The summed E-state index contributed by atoms with van der Waals surface area (Å²) in [4.78, 5) is 26.7. The molecule has 2 amide bonds. The van der Waals surface area contributed by atoms with Crippen molar-refractivity contribution in [3.05, 3.63) is 55.5 Å². The van der Waals surface area contributed by atoms with Gasteiger partial charge in [0.05, 0.1) is 27.4 Å². The zero-order valence-electron chi connectivity index (χ0n) is 16.1. The van der Waals surface area contributed by atoms with E-state index in [1.807, 2.05) is 13.0 Å². The third-order valence-corrected chi connectivity index (χ3v) is 6.24. The monoisotopic (exact) mass is 543 g/mol. The van der Waals surface area contributed by atoms with Crippen LogP contribution in [0.3, 0.4) is 0 Å². The van der Waals surface area contributed by atoms with Gasteiger partial charge in [0.15, 0.2) is 11.5 Å². The largest absolute Gasteiger partial charge is 0.493 e. The number of amides is 2. The molecule has 0 unspecified atom stereocenters. The molecule has 1 aliphatic heterocycles. The number of carbonyl (C=O) groups is 2. The number of ether oxygens (including phenoxy) is 2. The number of nitrogens with zero attached hydrogens (tertiary/aromatic N) is 1. The molecule has 1 heterocycles. The molecule has 5 nitrogen and oxygen atoms in total. The van der Waals surface area contributed by atoms with Gasteiger partial charge in [-0.05, 0) is 95.7 Å². The van der Waals surface area contributed by atoms with Crippen molar-refractivity contribution in [2.75, 3.05) is 12.0 Å². The Morgan fingerprint density at radius 1 is 1.24 bits per heavy atom. The highest BCUT2D eigenvalue weighted by molar-refractivity contribution is 14.1. The maximum atomic E-state index is 12.8. The highest BCUT2D eigenvalue weighted by Crippen LogP contribution is 2.39. The maximum absolute atomic E-state index is 12.8. The minimum absolute atomic E-state index is 0.0548. The molecule has 2 aromatic rings. The van der Waals surface area contributed by atoms with Gasteiger partial charge in [0, 0.05) is 5.02 Å². The molecule has 0 aliphatic carbocycles. The van der Waals surface area contributed by atoms with Crippen molar-refractivity contribution < 1.29 is 19.1 Å². The second-order valence-electron chi connectivity index (χ2n) is 6.36. The topological polar surface area (TPSA) is 55.8 Å². The van der Waals surface area contributed by atoms with Crippen LogP contribution >= 0.6 is 46.0 Å². The number of methoxy groups -OCH3 is 1. The second kappa shape index (κ2) is 9.40. The van der Waals surface area contributed by atoms with Crippen molar-refractivity contribution >= 4 is 68.9 Å². The summed E-state index contributed by atoms with van der Waals surface area (Å²) >= 11 is 8.98. The number of imide groups is 1. The minimum Gasteiger partial charge on any atom is -0.493 e. The smallest absolute Gasteiger partial charge is 0.298 e. The second-order valence-corrected chi connectivity index (χ2v) is 8.96. The fraction of sp³-hybridized carbons (Fsp3) is 0.238. The number of anilines is 1. The van der Waals surface area contributed by atoms with Crippen LogP contribution in [0.5, 0.6) is 11.5 Å². The molecule has 8 heteroatoms. The van der Waals surface area contributed by atoms with E-state index in [0.29, 0.717) is 27.1 Å². The molecule has 152 valence electrons. The van der Waals surface area contributed by atoms with E-state index < -0.39 is 0 Å². The average Bonchev–Trinajstić information content (AvgIpc) is 2.97. The van der Waals surface area contributed by atoms with E-state index in [9.17, 15) is 9.59 Å². The molecule has 0 spiro atoms. The summed E-state index contributed by atoms with van der Waals surface area (Å²) in [5, 5.41) is 0.194. The molecule has 1 saturated heterocycles. The van der Waals surface area contributed by atoms with Gasteiger partial charge in [-0.25, -0.2) is 4.90 Å². The maximum Gasteiger partial charge on any atom is 0.298 e. The molecule has 1 atom stereocenters. The van der Waals surface area contributed by atoms with Crippen LogP contribution in [0.2, 0.25) is 5.02 Å². The molecule has 0 N–H and O–H groups in total. The molecular weight excluding hydrogens is 525 g/mol. The van der Waals surface area contributed by atoms with Gasteiger partial charge >= 0.3 is 0 Å². The lowest BCUT2D eigenvalue weighted by molar-refractivity contribution is -0.113. The van der Waals surface area contributed by atoms with Crippen LogP contribution in [0.25, 0.3) is 6.08 Å². The van der Waals surface area contributed by atoms with Crippen molar-refractivity contribution in [3.8, 4) is 11.5 Å². The predicted molar refractivity (Wildman–Crippen MR) is 126 cm³/mol. The van der Waals surface area contributed by atoms with Crippen LogP contribution in [0.15, 0.2) is 41.3 Å². The molecular formula is C21H19ClINO4S. The fourth-order valence-corrected chi connectivity index (χ4v) is 4.37. The normalized spacial score (nSPS) is 16.4. The molecule has 0 bridgehead atoms. The van der Waals surface area contributed by atoms with Gasteiger partial charge in [-0.2, -0.15) is 0 Å². The Bertz CT molecular complexity index is 977. The van der Waals surface area contributed by atoms with E-state index in [0.717, 1.165) is 32.2 Å².